The first-order chi connectivity index (χ1) is 26.4. The van der Waals surface area contributed by atoms with Crippen LogP contribution in [0.25, 0.3) is 44.9 Å². The number of carbonyl (C=O) groups is 2. The Balaban J connectivity index is 0.000000156. The zero-order valence-electron chi connectivity index (χ0n) is 29.9. The molecule has 2 fully saturated rings. The van der Waals surface area contributed by atoms with Gasteiger partial charge in [-0.1, -0.05) is 0 Å². The summed E-state index contributed by atoms with van der Waals surface area (Å²) in [5, 5.41) is 19.3. The Morgan fingerprint density at radius 2 is 1.49 bits per heavy atom. The molecule has 0 unspecified atom stereocenters. The number of primary amides is 1. The highest BCUT2D eigenvalue weighted by Gasteiger charge is 2.29. The molecule has 2 aliphatic carbocycles. The second kappa shape index (κ2) is 13.7. The van der Waals surface area contributed by atoms with E-state index < -0.39 is 28.9 Å². The number of halogens is 4. The Labute approximate surface area is 311 Å². The molecule has 0 bridgehead atoms. The first-order valence-electron chi connectivity index (χ1n) is 17.6. The number of nitrogens with one attached hydrogen (secondary N) is 1. The summed E-state index contributed by atoms with van der Waals surface area (Å²) in [7, 11) is 0. The van der Waals surface area contributed by atoms with E-state index in [1.807, 2.05) is 22.7 Å². The lowest BCUT2D eigenvalue weighted by atomic mass is 9.97. The van der Waals surface area contributed by atoms with Gasteiger partial charge in [0.1, 0.15) is 17.5 Å². The number of rotatable bonds is 7. The van der Waals surface area contributed by atoms with Gasteiger partial charge in [-0.25, -0.2) is 17.6 Å². The zero-order valence-corrected chi connectivity index (χ0v) is 29.9. The molecule has 2 aromatic carbocycles. The lowest BCUT2D eigenvalue weighted by molar-refractivity contribution is 0.0949. The number of aryl methyl sites for hydroxylation is 1. The van der Waals surface area contributed by atoms with Crippen molar-refractivity contribution in [1.29, 1.82) is 0 Å². The summed E-state index contributed by atoms with van der Waals surface area (Å²) >= 11 is 0. The van der Waals surface area contributed by atoms with Crippen molar-refractivity contribution in [2.45, 2.75) is 58.4 Å². The summed E-state index contributed by atoms with van der Waals surface area (Å²) in [5.74, 6) is -2.60. The molecule has 0 saturated heterocycles. The SMILES string of the molecule is Cc1c(F)cc(C(=O)NC2CC2)cc1-c1ccn2c(C3CC3)nnc2c1.Cc1ncccc1-c1nnc2c(F)c(-c3cc(C(N)=O)cc(F)c3C)c(F)cn12. The predicted octanol–water partition coefficient (Wildman–Crippen LogP) is 7.20. The Bertz CT molecular complexity index is 2700. The van der Waals surface area contributed by atoms with E-state index in [4.69, 9.17) is 5.73 Å². The van der Waals surface area contributed by atoms with Crippen molar-refractivity contribution in [2.24, 2.45) is 5.73 Å². The predicted molar refractivity (Wildman–Crippen MR) is 195 cm³/mol. The maximum atomic E-state index is 15.3. The third-order valence-corrected chi connectivity index (χ3v) is 9.95. The smallest absolute Gasteiger partial charge is 0.251 e. The maximum absolute atomic E-state index is 15.3. The Morgan fingerprint density at radius 1 is 0.782 bits per heavy atom. The van der Waals surface area contributed by atoms with E-state index in [1.54, 1.807) is 38.2 Å². The van der Waals surface area contributed by atoms with Gasteiger partial charge in [0.2, 0.25) is 5.91 Å². The van der Waals surface area contributed by atoms with Gasteiger partial charge in [-0.2, -0.15) is 0 Å². The zero-order chi connectivity index (χ0) is 38.7. The average Bonchev–Trinajstić information content (AvgIpc) is 4.09. The molecule has 9 rings (SSSR count). The number of hydrogen-bond acceptors (Lipinski definition) is 7. The third kappa shape index (κ3) is 6.66. The summed E-state index contributed by atoms with van der Waals surface area (Å²) in [4.78, 5) is 27.9. The molecule has 278 valence electrons. The third-order valence-electron chi connectivity index (χ3n) is 9.95. The number of fused-ring (bicyclic) bond motifs is 2. The van der Waals surface area contributed by atoms with Crippen LogP contribution in [0.4, 0.5) is 17.6 Å². The number of pyridine rings is 3. The summed E-state index contributed by atoms with van der Waals surface area (Å²) in [6.45, 7) is 4.82. The van der Waals surface area contributed by atoms with Gasteiger partial charge in [0.15, 0.2) is 28.8 Å². The number of amides is 2. The second-order valence-electron chi connectivity index (χ2n) is 13.9. The minimum absolute atomic E-state index is 0.0278. The molecule has 2 amide bonds. The highest BCUT2D eigenvalue weighted by Crippen LogP contribution is 2.39. The van der Waals surface area contributed by atoms with E-state index in [1.165, 1.54) is 17.4 Å². The molecule has 2 aliphatic rings. The van der Waals surface area contributed by atoms with Crippen molar-refractivity contribution < 1.29 is 27.2 Å². The minimum Gasteiger partial charge on any atom is -0.366 e. The number of aromatic nitrogens is 7. The summed E-state index contributed by atoms with van der Waals surface area (Å²) in [6, 6.07) is 12.6. The molecule has 2 saturated carbocycles. The van der Waals surface area contributed by atoms with Crippen molar-refractivity contribution in [3.63, 3.8) is 0 Å². The molecular weight excluding hydrogens is 714 g/mol. The van der Waals surface area contributed by atoms with E-state index in [0.717, 1.165) is 61.0 Å². The lowest BCUT2D eigenvalue weighted by Gasteiger charge is -2.12. The molecule has 11 nitrogen and oxygen atoms in total. The van der Waals surface area contributed by atoms with Gasteiger partial charge in [0.05, 0.1) is 5.56 Å². The quantitative estimate of drug-likeness (QED) is 0.164. The molecule has 0 atom stereocenters. The van der Waals surface area contributed by atoms with Crippen LogP contribution in [0.3, 0.4) is 0 Å². The van der Waals surface area contributed by atoms with Crippen LogP contribution in [0, 0.1) is 44.0 Å². The van der Waals surface area contributed by atoms with Crippen LogP contribution >= 0.6 is 0 Å². The van der Waals surface area contributed by atoms with Crippen molar-refractivity contribution in [3.05, 3.63) is 124 Å². The fraction of sp³-hybridized carbons (Fsp3) is 0.225. The number of benzene rings is 2. The van der Waals surface area contributed by atoms with E-state index in [9.17, 15) is 18.4 Å². The van der Waals surface area contributed by atoms with Crippen molar-refractivity contribution in [1.82, 2.24) is 39.5 Å². The van der Waals surface area contributed by atoms with Crippen LogP contribution in [0.1, 0.15) is 75.0 Å². The maximum Gasteiger partial charge on any atom is 0.251 e. The minimum atomic E-state index is -1.03. The molecular formula is C40H33F4N9O2. The molecule has 15 heteroatoms. The fourth-order valence-electron chi connectivity index (χ4n) is 6.49. The topological polar surface area (TPSA) is 145 Å². The Hall–Kier alpha value is -6.51. The van der Waals surface area contributed by atoms with Gasteiger partial charge >= 0.3 is 0 Å². The van der Waals surface area contributed by atoms with Crippen molar-refractivity contribution in [3.8, 4) is 33.6 Å². The van der Waals surface area contributed by atoms with E-state index >= 15 is 8.78 Å². The van der Waals surface area contributed by atoms with Crippen molar-refractivity contribution in [2.75, 3.05) is 0 Å². The van der Waals surface area contributed by atoms with Crippen LogP contribution in [0.2, 0.25) is 0 Å². The van der Waals surface area contributed by atoms with Crippen LogP contribution in [-0.2, 0) is 0 Å². The first kappa shape index (κ1) is 35.5. The molecule has 3 N–H and O–H groups in total. The highest BCUT2D eigenvalue weighted by atomic mass is 19.1. The Kier molecular flexibility index (Phi) is 8.86. The van der Waals surface area contributed by atoms with Crippen LogP contribution in [0.5, 0.6) is 0 Å². The number of nitrogens with two attached hydrogens (primary N) is 1. The van der Waals surface area contributed by atoms with E-state index in [2.05, 4.69) is 30.7 Å². The molecule has 0 radical (unpaired) electrons. The lowest BCUT2D eigenvalue weighted by Crippen LogP contribution is -2.25. The number of carbonyl (C=O) groups excluding carboxylic acids is 2. The Morgan fingerprint density at radius 3 is 2.18 bits per heavy atom. The molecule has 0 aliphatic heterocycles. The molecule has 0 spiro atoms. The van der Waals surface area contributed by atoms with Crippen LogP contribution in [0.15, 0.2) is 67.1 Å². The molecule has 5 heterocycles. The van der Waals surface area contributed by atoms with Gasteiger partial charge in [-0.15, -0.1) is 20.4 Å². The largest absolute Gasteiger partial charge is 0.366 e. The van der Waals surface area contributed by atoms with Gasteiger partial charge in [0.25, 0.3) is 5.91 Å². The monoisotopic (exact) mass is 747 g/mol. The summed E-state index contributed by atoms with van der Waals surface area (Å²) in [5.41, 5.74) is 8.44. The first-order valence-corrected chi connectivity index (χ1v) is 17.6. The summed E-state index contributed by atoms with van der Waals surface area (Å²) in [6.07, 6.45) is 8.86. The van der Waals surface area contributed by atoms with Gasteiger partial charge in [-0.05, 0) is 123 Å². The summed E-state index contributed by atoms with van der Waals surface area (Å²) < 4.78 is 62.1. The normalized spacial score (nSPS) is 13.9. The highest BCUT2D eigenvalue weighted by molar-refractivity contribution is 5.96. The second-order valence-corrected chi connectivity index (χ2v) is 13.9. The van der Waals surface area contributed by atoms with Gasteiger partial charge in [0, 0.05) is 52.9 Å². The van der Waals surface area contributed by atoms with Crippen LogP contribution < -0.4 is 11.1 Å². The van der Waals surface area contributed by atoms with E-state index in [-0.39, 0.29) is 45.9 Å². The number of hydrogen-bond donors (Lipinski definition) is 2. The van der Waals surface area contributed by atoms with Crippen LogP contribution in [-0.4, -0.2) is 52.0 Å². The van der Waals surface area contributed by atoms with Gasteiger partial charge < -0.3 is 11.1 Å². The number of nitrogens with zero attached hydrogens (tertiary/aromatic N) is 7. The molecule has 55 heavy (non-hydrogen) atoms. The fourth-order valence-corrected chi connectivity index (χ4v) is 6.49. The standard InChI is InChI=1S/C20H14F3N5O.C20H19FN4O/c1-9-13(6-11(18(24)29)7-14(9)21)16-15(22)8-28-19(26-27-20(28)17(16)23)12-4-3-5-25-10(12)2;1-11-16(8-14(9-17(11)21)20(26)22-15-4-5-15)13-6-7-25-18(10-13)23-24-19(25)12-2-3-12/h3-8H,1-2H3,(H2,24,29);6-10,12,15H,2-5H2,1H3,(H,22,26). The molecule has 7 aromatic rings. The van der Waals surface area contributed by atoms with Crippen molar-refractivity contribution >= 4 is 23.1 Å². The van der Waals surface area contributed by atoms with E-state index in [0.29, 0.717) is 33.9 Å². The van der Waals surface area contributed by atoms with Gasteiger partial charge in [-0.3, -0.25) is 23.4 Å². The molecule has 5 aromatic heterocycles. The average molecular weight is 748 g/mol.